The summed E-state index contributed by atoms with van der Waals surface area (Å²) in [5.74, 6) is -9.89. The van der Waals surface area contributed by atoms with Crippen molar-refractivity contribution >= 4 is 58.3 Å². The van der Waals surface area contributed by atoms with Crippen LogP contribution in [0.5, 0.6) is 0 Å². The van der Waals surface area contributed by atoms with Crippen LogP contribution in [0.1, 0.15) is 65.1 Å². The van der Waals surface area contributed by atoms with Gasteiger partial charge in [0.25, 0.3) is 0 Å². The Hall–Kier alpha value is -6.39. The molecule has 0 aliphatic carbocycles. The third-order valence-electron chi connectivity index (χ3n) is 10.5. The zero-order valence-corrected chi connectivity index (χ0v) is 35.1. The Labute approximate surface area is 356 Å². The van der Waals surface area contributed by atoms with E-state index in [9.17, 15) is 58.8 Å². The number of benzene rings is 1. The molecule has 2 heterocycles. The fourth-order valence-corrected chi connectivity index (χ4v) is 6.38. The Morgan fingerprint density at radius 2 is 1.23 bits per heavy atom. The maximum absolute atomic E-state index is 14.2. The maximum atomic E-state index is 14.2. The number of para-hydroxylation sites is 1. The summed E-state index contributed by atoms with van der Waals surface area (Å²) in [6.07, 6.45) is 2.19. The monoisotopic (exact) mass is 870 g/mol. The van der Waals surface area contributed by atoms with Crippen molar-refractivity contribution in [2.24, 2.45) is 17.6 Å². The van der Waals surface area contributed by atoms with E-state index in [0.717, 1.165) is 0 Å². The number of nitrogens with one attached hydrogen (secondary N) is 8. The molecule has 0 unspecified atom stereocenters. The molecule has 3 rings (SSSR count). The topological polar surface area (TPSA) is 360 Å². The number of nitrogens with two attached hydrogens (primary N) is 1. The van der Waals surface area contributed by atoms with Crippen LogP contribution in [0.2, 0.25) is 0 Å². The van der Waals surface area contributed by atoms with Gasteiger partial charge >= 0.3 is 11.9 Å². The number of imidazole rings is 1. The number of rotatable bonds is 25. The first-order valence-electron chi connectivity index (χ1n) is 20.1. The molecule has 0 fully saturated rings. The lowest BCUT2D eigenvalue weighted by atomic mass is 9.96. The molecular formula is C40H58N10O12. The quantitative estimate of drug-likeness (QED) is 0.0436. The summed E-state index contributed by atoms with van der Waals surface area (Å²) in [5.41, 5.74) is 7.41. The van der Waals surface area contributed by atoms with Crippen LogP contribution in [0.15, 0.2) is 43.0 Å². The molecule has 3 aromatic rings. The summed E-state index contributed by atoms with van der Waals surface area (Å²) in [7, 11) is 0. The first-order chi connectivity index (χ1) is 29.3. The van der Waals surface area contributed by atoms with Crippen molar-refractivity contribution in [1.82, 2.24) is 46.9 Å². The van der Waals surface area contributed by atoms with Crippen LogP contribution in [0.25, 0.3) is 10.9 Å². The number of carboxylic acids is 2. The minimum absolute atomic E-state index is 0.137. The van der Waals surface area contributed by atoms with E-state index in [2.05, 4.69) is 46.9 Å². The van der Waals surface area contributed by atoms with Crippen LogP contribution in [0.3, 0.4) is 0 Å². The first kappa shape index (κ1) is 50.0. The zero-order chi connectivity index (χ0) is 46.3. The third kappa shape index (κ3) is 14.1. The number of fused-ring (bicyclic) bond motifs is 1. The second-order valence-corrected chi connectivity index (χ2v) is 15.2. The predicted octanol–water partition coefficient (Wildman–Crippen LogP) is -2.06. The standard InChI is InChI=1S/C40H58N10O12/c1-6-19(3)31(38(59)47-29(14-30(53)54)37(58)49-32(40(61)62)20(4)7-2)48-39(60)33(21(5)52)50-36(57)27(12-22-15-43-26-11-9-8-10-24(22)26)46-35(56)28(13-23-16-42-18-44-23)45-34(55)25(41)17-51/h8-11,15-16,18-21,25,27-29,31-33,43,51-52H,6-7,12-14,17,41H2,1-5H3,(H,42,44)(H,45,55)(H,46,56)(H,47,59)(H,48,60)(H,49,58)(H,50,57)(H,53,54)(H,61,62)/t19-,20-,21+,25-,27-,28-,29-,31-,32-,33-/m0/s1. The van der Waals surface area contributed by atoms with Crippen molar-refractivity contribution in [3.63, 3.8) is 0 Å². The van der Waals surface area contributed by atoms with Gasteiger partial charge in [-0.25, -0.2) is 9.78 Å². The largest absolute Gasteiger partial charge is 0.481 e. The maximum Gasteiger partial charge on any atom is 0.326 e. The summed E-state index contributed by atoms with van der Waals surface area (Å²) in [6.45, 7) is 7.01. The molecule has 22 heteroatoms. The van der Waals surface area contributed by atoms with Gasteiger partial charge in [0.05, 0.1) is 25.5 Å². The molecule has 0 spiro atoms. The number of aliphatic hydroxyl groups excluding tert-OH is 2. The Kier molecular flexibility index (Phi) is 19.0. The Morgan fingerprint density at radius 1 is 0.694 bits per heavy atom. The summed E-state index contributed by atoms with van der Waals surface area (Å²) in [4.78, 5) is 115. The van der Waals surface area contributed by atoms with E-state index in [-0.39, 0.29) is 19.3 Å². The third-order valence-corrected chi connectivity index (χ3v) is 10.5. The van der Waals surface area contributed by atoms with E-state index >= 15 is 0 Å². The average Bonchev–Trinajstić information content (AvgIpc) is 3.91. The number of carboxylic acid groups (broad SMARTS) is 2. The molecule has 0 aliphatic rings. The van der Waals surface area contributed by atoms with Crippen molar-refractivity contribution in [3.05, 3.63) is 54.2 Å². The Balaban J connectivity index is 1.92. The minimum atomic E-state index is -1.75. The number of hydrogen-bond acceptors (Lipinski definition) is 12. The number of aromatic nitrogens is 3. The van der Waals surface area contributed by atoms with Gasteiger partial charge in [-0.3, -0.25) is 33.6 Å². The highest BCUT2D eigenvalue weighted by Gasteiger charge is 2.37. The van der Waals surface area contributed by atoms with Crippen LogP contribution in [0, 0.1) is 11.8 Å². The Morgan fingerprint density at radius 3 is 1.81 bits per heavy atom. The summed E-state index contributed by atoms with van der Waals surface area (Å²) in [6, 6.07) is -3.41. The molecule has 62 heavy (non-hydrogen) atoms. The number of hydrogen-bond donors (Lipinski definition) is 13. The molecule has 0 radical (unpaired) electrons. The van der Waals surface area contributed by atoms with Crippen molar-refractivity contribution in [2.45, 2.75) is 115 Å². The van der Waals surface area contributed by atoms with Gasteiger partial charge in [-0.2, -0.15) is 0 Å². The molecule has 0 saturated carbocycles. The van der Waals surface area contributed by atoms with Crippen molar-refractivity contribution < 1.29 is 58.8 Å². The SMILES string of the molecule is CC[C@H](C)[C@H](NC(=O)[C@H](CC(=O)O)NC(=O)[C@@H](NC(=O)[C@@H](NC(=O)[C@H](Cc1c[nH]c2ccccc12)NC(=O)[C@H](Cc1cnc[nH]1)NC(=O)[C@@H](N)CO)[C@@H](C)O)[C@@H](C)CC)C(=O)O. The highest BCUT2D eigenvalue weighted by Crippen LogP contribution is 2.20. The lowest BCUT2D eigenvalue weighted by Gasteiger charge is -2.30. The molecule has 0 saturated heterocycles. The molecule has 22 nitrogen and oxygen atoms in total. The number of nitrogens with zero attached hydrogens (tertiary/aromatic N) is 1. The summed E-state index contributed by atoms with van der Waals surface area (Å²) < 4.78 is 0. The molecule has 10 atom stereocenters. The average molecular weight is 871 g/mol. The number of H-pyrrole nitrogens is 2. The highest BCUT2D eigenvalue weighted by molar-refractivity contribution is 5.98. The van der Waals surface area contributed by atoms with Crippen LogP contribution in [0.4, 0.5) is 0 Å². The van der Waals surface area contributed by atoms with E-state index in [1.54, 1.807) is 58.2 Å². The molecule has 2 aromatic heterocycles. The first-order valence-corrected chi connectivity index (χ1v) is 20.1. The number of carbonyl (C=O) groups is 8. The zero-order valence-electron chi connectivity index (χ0n) is 35.1. The van der Waals surface area contributed by atoms with Gasteiger partial charge in [0.2, 0.25) is 35.4 Å². The Bertz CT molecular complexity index is 2020. The van der Waals surface area contributed by atoms with Crippen LogP contribution in [-0.4, -0.2) is 138 Å². The summed E-state index contributed by atoms with van der Waals surface area (Å²) >= 11 is 0. The number of carbonyl (C=O) groups excluding carboxylic acids is 6. The number of aliphatic hydroxyl groups is 2. The van der Waals surface area contributed by atoms with E-state index < -0.39 is 121 Å². The lowest BCUT2D eigenvalue weighted by molar-refractivity contribution is -0.145. The van der Waals surface area contributed by atoms with Gasteiger partial charge in [0.1, 0.15) is 42.3 Å². The molecule has 14 N–H and O–H groups in total. The van der Waals surface area contributed by atoms with Gasteiger partial charge in [0.15, 0.2) is 0 Å². The number of amides is 6. The fourth-order valence-electron chi connectivity index (χ4n) is 6.38. The van der Waals surface area contributed by atoms with Gasteiger partial charge in [-0.15, -0.1) is 0 Å². The highest BCUT2D eigenvalue weighted by atomic mass is 16.4. The van der Waals surface area contributed by atoms with Crippen molar-refractivity contribution in [2.75, 3.05) is 6.61 Å². The van der Waals surface area contributed by atoms with Crippen LogP contribution < -0.4 is 37.6 Å². The smallest absolute Gasteiger partial charge is 0.326 e. The molecule has 1 aromatic carbocycles. The second kappa shape index (κ2) is 23.6. The lowest BCUT2D eigenvalue weighted by Crippen LogP contribution is -2.63. The molecule has 6 amide bonds. The van der Waals surface area contributed by atoms with Crippen LogP contribution >= 0.6 is 0 Å². The number of aliphatic carboxylic acids is 2. The van der Waals surface area contributed by atoms with Crippen LogP contribution in [-0.2, 0) is 51.2 Å². The van der Waals surface area contributed by atoms with Gasteiger partial charge in [0, 0.05) is 41.8 Å². The minimum Gasteiger partial charge on any atom is -0.481 e. The predicted molar refractivity (Wildman–Crippen MR) is 221 cm³/mol. The van der Waals surface area contributed by atoms with Gasteiger partial charge in [-0.1, -0.05) is 58.7 Å². The number of aromatic amines is 2. The molecule has 0 bridgehead atoms. The second-order valence-electron chi connectivity index (χ2n) is 15.2. The normalized spacial score (nSPS) is 16.1. The van der Waals surface area contributed by atoms with E-state index in [1.807, 2.05) is 0 Å². The van der Waals surface area contributed by atoms with E-state index in [0.29, 0.717) is 28.6 Å². The molecular weight excluding hydrogens is 812 g/mol. The van der Waals surface area contributed by atoms with E-state index in [1.165, 1.54) is 19.4 Å². The van der Waals surface area contributed by atoms with E-state index in [4.69, 9.17) is 5.73 Å². The fraction of sp³-hybridized carbons (Fsp3) is 0.525. The summed E-state index contributed by atoms with van der Waals surface area (Å²) in [5, 5.41) is 54.8. The molecule has 0 aliphatic heterocycles. The van der Waals surface area contributed by atoms with Gasteiger partial charge in [-0.05, 0) is 30.4 Å². The molecule has 340 valence electrons. The van der Waals surface area contributed by atoms with Crippen molar-refractivity contribution in [3.8, 4) is 0 Å². The van der Waals surface area contributed by atoms with Gasteiger partial charge < -0.3 is 68.0 Å². The van der Waals surface area contributed by atoms with Crippen molar-refractivity contribution in [1.29, 1.82) is 0 Å².